The lowest BCUT2D eigenvalue weighted by atomic mass is 9.84. The first-order valence-electron chi connectivity index (χ1n) is 7.34. The van der Waals surface area contributed by atoms with Crippen LogP contribution in [-0.2, 0) is 9.84 Å². The highest BCUT2D eigenvalue weighted by molar-refractivity contribution is 7.92. The average Bonchev–Trinajstić information content (AvgIpc) is 2.98. The van der Waals surface area contributed by atoms with Gasteiger partial charge in [-0.15, -0.1) is 0 Å². The smallest absolute Gasteiger partial charge is 0.251 e. The maximum absolute atomic E-state index is 12.3. The molecule has 7 nitrogen and oxygen atoms in total. The molecule has 1 fully saturated rings. The number of aromatic nitrogens is 3. The Morgan fingerprint density at radius 1 is 1.39 bits per heavy atom. The molecule has 1 heterocycles. The molecule has 0 radical (unpaired) electrons. The van der Waals surface area contributed by atoms with Gasteiger partial charge in [-0.25, -0.2) is 18.1 Å². The van der Waals surface area contributed by atoms with Crippen molar-refractivity contribution in [1.82, 2.24) is 20.1 Å². The van der Waals surface area contributed by atoms with Gasteiger partial charge in [0.2, 0.25) is 0 Å². The second-order valence-electron chi connectivity index (χ2n) is 5.88. The van der Waals surface area contributed by atoms with Crippen molar-refractivity contribution < 1.29 is 13.2 Å². The summed E-state index contributed by atoms with van der Waals surface area (Å²) in [6.45, 7) is 0.151. The van der Waals surface area contributed by atoms with Gasteiger partial charge in [0.1, 0.15) is 12.7 Å². The van der Waals surface area contributed by atoms with Crippen LogP contribution < -0.4 is 5.32 Å². The highest BCUT2D eigenvalue weighted by Crippen LogP contribution is 2.38. The summed E-state index contributed by atoms with van der Waals surface area (Å²) in [5.41, 5.74) is 1.18. The lowest BCUT2D eigenvalue weighted by Crippen LogP contribution is -2.53. The van der Waals surface area contributed by atoms with Crippen LogP contribution in [0.3, 0.4) is 0 Å². The average molecular weight is 334 g/mol. The summed E-state index contributed by atoms with van der Waals surface area (Å²) in [4.78, 5) is 16.2. The van der Waals surface area contributed by atoms with E-state index in [1.807, 2.05) is 6.07 Å². The topological polar surface area (TPSA) is 94.0 Å². The Kier molecular flexibility index (Phi) is 3.93. The maximum atomic E-state index is 12.3. The molecule has 8 heteroatoms. The molecule has 1 aliphatic rings. The predicted octanol–water partition coefficient (Wildman–Crippen LogP) is 0.964. The zero-order valence-electron chi connectivity index (χ0n) is 12.8. The minimum Gasteiger partial charge on any atom is -0.350 e. The van der Waals surface area contributed by atoms with Crippen LogP contribution in [0.25, 0.3) is 5.69 Å². The summed E-state index contributed by atoms with van der Waals surface area (Å²) >= 11 is 0. The maximum Gasteiger partial charge on any atom is 0.251 e. The number of benzene rings is 1. The molecule has 1 N–H and O–H groups in total. The Bertz CT molecular complexity index is 811. The van der Waals surface area contributed by atoms with E-state index in [2.05, 4.69) is 15.4 Å². The van der Waals surface area contributed by atoms with Gasteiger partial charge >= 0.3 is 0 Å². The normalized spacial score (nSPS) is 16.6. The van der Waals surface area contributed by atoms with Crippen molar-refractivity contribution in [2.24, 2.45) is 0 Å². The molecule has 2 aromatic rings. The molecular weight excluding hydrogens is 316 g/mol. The Hall–Kier alpha value is -2.22. The summed E-state index contributed by atoms with van der Waals surface area (Å²) in [7, 11) is -3.19. The first-order valence-corrected chi connectivity index (χ1v) is 9.23. The SMILES string of the molecule is CS(=O)(=O)C1(CNC(=O)c2cccc(-n3cncn3)c2)CCC1. The first-order chi connectivity index (χ1) is 10.9. The highest BCUT2D eigenvalue weighted by Gasteiger charge is 2.46. The monoisotopic (exact) mass is 334 g/mol. The van der Waals surface area contributed by atoms with E-state index in [-0.39, 0.29) is 12.5 Å². The van der Waals surface area contributed by atoms with Gasteiger partial charge in [-0.05, 0) is 31.0 Å². The largest absolute Gasteiger partial charge is 0.350 e. The van der Waals surface area contributed by atoms with E-state index in [1.165, 1.54) is 12.6 Å². The molecule has 0 aliphatic heterocycles. The summed E-state index contributed by atoms with van der Waals surface area (Å²) < 4.78 is 24.6. The van der Waals surface area contributed by atoms with Crippen molar-refractivity contribution >= 4 is 15.7 Å². The molecule has 23 heavy (non-hydrogen) atoms. The number of rotatable bonds is 5. The fourth-order valence-corrected chi connectivity index (χ4v) is 4.09. The quantitative estimate of drug-likeness (QED) is 0.879. The Labute approximate surface area is 134 Å². The van der Waals surface area contributed by atoms with Crippen LogP contribution in [0, 0.1) is 0 Å². The molecule has 1 saturated carbocycles. The fourth-order valence-electron chi connectivity index (χ4n) is 2.72. The molecule has 1 aliphatic carbocycles. The van der Waals surface area contributed by atoms with Gasteiger partial charge in [-0.1, -0.05) is 12.5 Å². The van der Waals surface area contributed by atoms with Crippen LogP contribution in [0.15, 0.2) is 36.9 Å². The van der Waals surface area contributed by atoms with Crippen LogP contribution in [0.5, 0.6) is 0 Å². The number of hydrogen-bond donors (Lipinski definition) is 1. The minimum absolute atomic E-state index is 0.151. The fraction of sp³-hybridized carbons (Fsp3) is 0.400. The third-order valence-electron chi connectivity index (χ3n) is 4.41. The Balaban J connectivity index is 1.73. The number of sulfone groups is 1. The van der Waals surface area contributed by atoms with Crippen LogP contribution in [0.1, 0.15) is 29.6 Å². The highest BCUT2D eigenvalue weighted by atomic mass is 32.2. The van der Waals surface area contributed by atoms with Crippen LogP contribution in [0.2, 0.25) is 0 Å². The Morgan fingerprint density at radius 2 is 2.17 bits per heavy atom. The number of hydrogen-bond acceptors (Lipinski definition) is 5. The van der Waals surface area contributed by atoms with E-state index in [1.54, 1.807) is 29.2 Å². The predicted molar refractivity (Wildman–Crippen MR) is 85.1 cm³/mol. The molecule has 1 amide bonds. The minimum atomic E-state index is -3.19. The van der Waals surface area contributed by atoms with Gasteiger partial charge in [0.25, 0.3) is 5.91 Å². The number of amides is 1. The lowest BCUT2D eigenvalue weighted by molar-refractivity contribution is 0.0943. The molecule has 0 spiro atoms. The van der Waals surface area contributed by atoms with Crippen molar-refractivity contribution in [3.8, 4) is 5.69 Å². The van der Waals surface area contributed by atoms with Crippen molar-refractivity contribution in [1.29, 1.82) is 0 Å². The summed E-state index contributed by atoms with van der Waals surface area (Å²) in [5.74, 6) is -0.290. The lowest BCUT2D eigenvalue weighted by Gasteiger charge is -2.39. The van der Waals surface area contributed by atoms with E-state index >= 15 is 0 Å². The van der Waals surface area contributed by atoms with Crippen LogP contribution >= 0.6 is 0 Å². The zero-order chi connectivity index (χ0) is 16.5. The van der Waals surface area contributed by atoms with Crippen molar-refractivity contribution in [2.45, 2.75) is 24.0 Å². The van der Waals surface area contributed by atoms with Crippen molar-refractivity contribution in [3.05, 3.63) is 42.5 Å². The van der Waals surface area contributed by atoms with E-state index in [9.17, 15) is 13.2 Å². The van der Waals surface area contributed by atoms with Gasteiger partial charge in [-0.3, -0.25) is 4.79 Å². The van der Waals surface area contributed by atoms with Gasteiger partial charge in [0.05, 0.1) is 10.4 Å². The Morgan fingerprint density at radius 3 is 2.74 bits per heavy atom. The van der Waals surface area contributed by atoms with Crippen molar-refractivity contribution in [3.63, 3.8) is 0 Å². The van der Waals surface area contributed by atoms with Gasteiger partial charge < -0.3 is 5.32 Å². The van der Waals surface area contributed by atoms with E-state index in [0.29, 0.717) is 18.4 Å². The standard InChI is InChI=1S/C15H18N4O3S/c1-23(21,22)15(6-3-7-15)9-17-14(20)12-4-2-5-13(8-12)19-11-16-10-18-19/h2,4-5,8,10-11H,3,6-7,9H2,1H3,(H,17,20). The number of nitrogens with one attached hydrogen (secondary N) is 1. The molecule has 1 aromatic heterocycles. The zero-order valence-corrected chi connectivity index (χ0v) is 13.6. The third kappa shape index (κ3) is 2.98. The molecule has 122 valence electrons. The van der Waals surface area contributed by atoms with E-state index in [0.717, 1.165) is 12.1 Å². The van der Waals surface area contributed by atoms with Gasteiger partial charge in [-0.2, -0.15) is 5.10 Å². The molecular formula is C15H18N4O3S. The van der Waals surface area contributed by atoms with Crippen molar-refractivity contribution in [2.75, 3.05) is 12.8 Å². The summed E-state index contributed by atoms with van der Waals surface area (Å²) in [5, 5.41) is 6.78. The van der Waals surface area contributed by atoms with Crippen LogP contribution in [0.4, 0.5) is 0 Å². The number of carbonyl (C=O) groups is 1. The molecule has 0 unspecified atom stereocenters. The van der Waals surface area contributed by atoms with E-state index in [4.69, 9.17) is 0 Å². The summed E-state index contributed by atoms with van der Waals surface area (Å²) in [6, 6.07) is 6.94. The molecule has 0 atom stereocenters. The number of carbonyl (C=O) groups excluding carboxylic acids is 1. The van der Waals surface area contributed by atoms with Gasteiger partial charge in [0, 0.05) is 18.4 Å². The van der Waals surface area contributed by atoms with Crippen LogP contribution in [-0.4, -0.2) is 46.6 Å². The van der Waals surface area contributed by atoms with E-state index < -0.39 is 14.6 Å². The number of nitrogens with zero attached hydrogens (tertiary/aromatic N) is 3. The third-order valence-corrected chi connectivity index (χ3v) is 6.54. The molecule has 0 bridgehead atoms. The first kappa shape index (κ1) is 15.7. The second-order valence-corrected chi connectivity index (χ2v) is 8.29. The molecule has 1 aromatic carbocycles. The molecule has 3 rings (SSSR count). The summed E-state index contributed by atoms with van der Waals surface area (Å²) in [6.07, 6.45) is 6.29. The van der Waals surface area contributed by atoms with Gasteiger partial charge in [0.15, 0.2) is 9.84 Å². The molecule has 0 saturated heterocycles. The second kappa shape index (κ2) is 5.77.